The third-order valence-corrected chi connectivity index (χ3v) is 4.68. The number of amides is 1. The zero-order chi connectivity index (χ0) is 24.8. The highest BCUT2D eigenvalue weighted by atomic mass is 16.6. The lowest BCUT2D eigenvalue weighted by Gasteiger charge is -2.14. The fourth-order valence-corrected chi connectivity index (χ4v) is 2.97. The molecule has 2 aromatic rings. The molecule has 9 nitrogen and oxygen atoms in total. The number of ether oxygens (including phenoxy) is 1. The van der Waals surface area contributed by atoms with E-state index in [-0.39, 0.29) is 18.2 Å². The molecule has 1 amide bonds. The van der Waals surface area contributed by atoms with Crippen molar-refractivity contribution in [1.29, 1.82) is 0 Å². The summed E-state index contributed by atoms with van der Waals surface area (Å²) in [6, 6.07) is 14.7. The van der Waals surface area contributed by atoms with Crippen LogP contribution < -0.4 is 15.5 Å². The van der Waals surface area contributed by atoms with Crippen molar-refractivity contribution in [2.24, 2.45) is 10.3 Å². The van der Waals surface area contributed by atoms with Crippen molar-refractivity contribution in [3.8, 4) is 5.75 Å². The molecular weight excluding hydrogens is 436 g/mol. The molecule has 0 aliphatic heterocycles. The zero-order valence-electron chi connectivity index (χ0n) is 20.1. The molecule has 182 valence electrons. The fraction of sp³-hybridized carbons (Fsp3) is 0.320. The summed E-state index contributed by atoms with van der Waals surface area (Å²) in [5.74, 6) is 0.411. The Bertz CT molecular complexity index is 1000. The van der Waals surface area contributed by atoms with Crippen molar-refractivity contribution in [2.75, 3.05) is 27.9 Å². The number of benzene rings is 2. The van der Waals surface area contributed by atoms with E-state index in [0.29, 0.717) is 23.6 Å². The summed E-state index contributed by atoms with van der Waals surface area (Å²) >= 11 is 0. The topological polar surface area (TPSA) is 103 Å². The van der Waals surface area contributed by atoms with E-state index in [1.807, 2.05) is 36.4 Å². The number of nitrogens with one attached hydrogen (secondary N) is 2. The van der Waals surface area contributed by atoms with E-state index in [9.17, 15) is 4.79 Å². The number of carbonyl (C=O) groups excluding carboxylic acids is 1. The summed E-state index contributed by atoms with van der Waals surface area (Å²) in [4.78, 5) is 27.7. The van der Waals surface area contributed by atoms with Crippen LogP contribution in [0.1, 0.15) is 36.5 Å². The molecule has 34 heavy (non-hydrogen) atoms. The van der Waals surface area contributed by atoms with Crippen molar-refractivity contribution in [3.05, 3.63) is 77.5 Å². The Morgan fingerprint density at radius 1 is 1.00 bits per heavy atom. The van der Waals surface area contributed by atoms with E-state index in [0.717, 1.165) is 29.7 Å². The van der Waals surface area contributed by atoms with E-state index in [1.54, 1.807) is 12.1 Å². The predicted molar refractivity (Wildman–Crippen MR) is 132 cm³/mol. The highest BCUT2D eigenvalue weighted by Gasteiger charge is 2.17. The average Bonchev–Trinajstić information content (AvgIpc) is 2.86. The molecule has 2 N–H and O–H groups in total. The average molecular weight is 469 g/mol. The van der Waals surface area contributed by atoms with Crippen molar-refractivity contribution in [1.82, 2.24) is 10.8 Å². The van der Waals surface area contributed by atoms with E-state index in [2.05, 4.69) is 34.6 Å². The van der Waals surface area contributed by atoms with E-state index in [1.165, 1.54) is 21.3 Å². The number of rotatable bonds is 14. The van der Waals surface area contributed by atoms with Gasteiger partial charge < -0.3 is 19.7 Å². The maximum absolute atomic E-state index is 12.2. The number of hydroxylamine groups is 1. The molecule has 0 saturated heterocycles. The summed E-state index contributed by atoms with van der Waals surface area (Å²) in [6.45, 7) is 6.93. The molecule has 0 unspecified atom stereocenters. The van der Waals surface area contributed by atoms with Gasteiger partial charge in [-0.1, -0.05) is 54.5 Å². The van der Waals surface area contributed by atoms with Gasteiger partial charge in [0.25, 0.3) is 5.91 Å². The molecule has 0 saturated carbocycles. The first-order chi connectivity index (χ1) is 16.5. The first-order valence-electron chi connectivity index (χ1n) is 10.9. The Morgan fingerprint density at radius 2 is 1.68 bits per heavy atom. The van der Waals surface area contributed by atoms with Gasteiger partial charge in [-0.25, -0.2) is 0 Å². The molecule has 0 heterocycles. The minimum atomic E-state index is -0.372. The van der Waals surface area contributed by atoms with Crippen LogP contribution in [0.3, 0.4) is 0 Å². The second-order valence-electron chi connectivity index (χ2n) is 7.08. The van der Waals surface area contributed by atoms with Gasteiger partial charge in [-0.3, -0.25) is 15.1 Å². The Balaban J connectivity index is 2.08. The summed E-state index contributed by atoms with van der Waals surface area (Å²) < 4.78 is 5.71. The molecule has 0 fully saturated rings. The molecule has 2 aromatic carbocycles. The van der Waals surface area contributed by atoms with Crippen molar-refractivity contribution >= 4 is 17.3 Å². The monoisotopic (exact) mass is 468 g/mol. The molecule has 0 atom stereocenters. The van der Waals surface area contributed by atoms with Crippen LogP contribution in [0, 0.1) is 0 Å². The number of hydrogen-bond donors (Lipinski definition) is 2. The molecule has 9 heteroatoms. The number of unbranched alkanes of at least 4 members (excludes halogenated alkanes) is 1. The first kappa shape index (κ1) is 26.4. The standard InChI is InChI=1S/C25H32N4O5/c1-6-7-16-33-21-14-12-19(13-15-21)23(28-31-4)18(2)27-34-17-20-10-8-9-11-22(20)24(29-32-5)25(30)26-3/h8-15,27H,2,6-7,16-17H2,1,3-5H3,(H,26,30). The zero-order valence-corrected chi connectivity index (χ0v) is 20.1. The maximum Gasteiger partial charge on any atom is 0.273 e. The first-order valence-corrected chi connectivity index (χ1v) is 10.9. The van der Waals surface area contributed by atoms with Crippen LogP contribution in [0.15, 0.2) is 71.1 Å². The molecule has 0 aliphatic rings. The normalized spacial score (nSPS) is 11.5. The van der Waals surface area contributed by atoms with Crippen LogP contribution in [-0.2, 0) is 25.9 Å². The van der Waals surface area contributed by atoms with Crippen molar-refractivity contribution < 1.29 is 24.0 Å². The summed E-state index contributed by atoms with van der Waals surface area (Å²) in [6.07, 6.45) is 2.08. The quantitative estimate of drug-likeness (QED) is 0.250. The van der Waals surface area contributed by atoms with Crippen LogP contribution in [0.25, 0.3) is 0 Å². The third kappa shape index (κ3) is 7.63. The van der Waals surface area contributed by atoms with Gasteiger partial charge in [0.15, 0.2) is 5.71 Å². The molecule has 2 rings (SSSR count). The lowest BCUT2D eigenvalue weighted by atomic mass is 10.0. The van der Waals surface area contributed by atoms with Gasteiger partial charge in [0.1, 0.15) is 32.3 Å². The highest BCUT2D eigenvalue weighted by molar-refractivity contribution is 6.45. The molecule has 0 aliphatic carbocycles. The van der Waals surface area contributed by atoms with Gasteiger partial charge in [-0.05, 0) is 36.2 Å². The number of nitrogens with zero attached hydrogens (tertiary/aromatic N) is 2. The Labute approximate surface area is 200 Å². The second-order valence-corrected chi connectivity index (χ2v) is 7.08. The number of carbonyl (C=O) groups is 1. The lowest BCUT2D eigenvalue weighted by molar-refractivity contribution is -0.114. The highest BCUT2D eigenvalue weighted by Crippen LogP contribution is 2.16. The number of allylic oxidation sites excluding steroid dienone is 1. The van der Waals surface area contributed by atoms with Crippen LogP contribution in [0.2, 0.25) is 0 Å². The molecule has 0 spiro atoms. The third-order valence-electron chi connectivity index (χ3n) is 4.68. The predicted octanol–water partition coefficient (Wildman–Crippen LogP) is 3.55. The van der Waals surface area contributed by atoms with Crippen LogP contribution in [-0.4, -0.2) is 45.2 Å². The molecule has 0 aromatic heterocycles. The van der Waals surface area contributed by atoms with E-state index in [4.69, 9.17) is 19.2 Å². The van der Waals surface area contributed by atoms with Crippen molar-refractivity contribution in [3.63, 3.8) is 0 Å². The van der Waals surface area contributed by atoms with Gasteiger partial charge in [0.05, 0.1) is 12.3 Å². The smallest absolute Gasteiger partial charge is 0.273 e. The fourth-order valence-electron chi connectivity index (χ4n) is 2.97. The minimum absolute atomic E-state index is 0.124. The van der Waals surface area contributed by atoms with Gasteiger partial charge in [0, 0.05) is 18.2 Å². The van der Waals surface area contributed by atoms with E-state index >= 15 is 0 Å². The van der Waals surface area contributed by atoms with Crippen LogP contribution >= 0.6 is 0 Å². The van der Waals surface area contributed by atoms with Gasteiger partial charge in [-0.2, -0.15) is 0 Å². The lowest BCUT2D eigenvalue weighted by Crippen LogP contribution is -2.29. The minimum Gasteiger partial charge on any atom is -0.494 e. The Morgan fingerprint density at radius 3 is 2.32 bits per heavy atom. The van der Waals surface area contributed by atoms with Crippen molar-refractivity contribution in [2.45, 2.75) is 26.4 Å². The van der Waals surface area contributed by atoms with Crippen LogP contribution in [0.5, 0.6) is 5.75 Å². The molecule has 0 radical (unpaired) electrons. The van der Waals surface area contributed by atoms with E-state index < -0.39 is 0 Å². The Kier molecular flexibility index (Phi) is 11.1. The summed E-state index contributed by atoms with van der Waals surface area (Å²) in [7, 11) is 4.37. The van der Waals surface area contributed by atoms with Gasteiger partial charge >= 0.3 is 0 Å². The summed E-state index contributed by atoms with van der Waals surface area (Å²) in [5, 5.41) is 10.5. The van der Waals surface area contributed by atoms with Gasteiger partial charge in [0.2, 0.25) is 0 Å². The van der Waals surface area contributed by atoms with Crippen LogP contribution in [0.4, 0.5) is 0 Å². The Hall–Kier alpha value is -3.85. The number of likely N-dealkylation sites (N-methyl/N-ethyl adjacent to an activating group) is 1. The molecular formula is C25H32N4O5. The largest absolute Gasteiger partial charge is 0.494 e. The maximum atomic E-state index is 12.2. The number of hydrogen-bond acceptors (Lipinski definition) is 8. The second kappa shape index (κ2) is 14.3. The number of oxime groups is 2. The van der Waals surface area contributed by atoms with Gasteiger partial charge in [-0.15, -0.1) is 0 Å². The SMILES string of the molecule is C=C(NOCc1ccccc1C(=NOC)C(=O)NC)C(=NOC)c1ccc(OCCCC)cc1. The molecule has 0 bridgehead atoms. The summed E-state index contributed by atoms with van der Waals surface area (Å²) in [5.41, 5.74) is 5.91.